The van der Waals surface area contributed by atoms with E-state index in [1.165, 1.54) is 0 Å². The van der Waals surface area contributed by atoms with Crippen molar-refractivity contribution in [3.63, 3.8) is 0 Å². The van der Waals surface area contributed by atoms with E-state index in [-0.39, 0.29) is 19.1 Å². The molecule has 0 bridgehead atoms. The van der Waals surface area contributed by atoms with Crippen molar-refractivity contribution in [1.82, 2.24) is 24.5 Å². The molecule has 1 saturated heterocycles. The van der Waals surface area contributed by atoms with Crippen LogP contribution < -0.4 is 10.6 Å². The van der Waals surface area contributed by atoms with Gasteiger partial charge in [-0.1, -0.05) is 27.3 Å². The molecule has 0 spiro atoms. The fourth-order valence-corrected chi connectivity index (χ4v) is 6.12. The molecule has 0 radical (unpaired) electrons. The third-order valence-corrected chi connectivity index (χ3v) is 8.55. The number of hydrogen-bond acceptors (Lipinski definition) is 8. The van der Waals surface area contributed by atoms with Gasteiger partial charge in [-0.15, -0.1) is 11.3 Å². The molecule has 40 heavy (non-hydrogen) atoms. The van der Waals surface area contributed by atoms with Gasteiger partial charge in [-0.25, -0.2) is 14.5 Å². The van der Waals surface area contributed by atoms with Gasteiger partial charge in [0.1, 0.15) is 11.9 Å². The molecule has 212 valence electrons. The number of nitrogens with two attached hydrogens (primary N) is 1. The van der Waals surface area contributed by atoms with Crippen LogP contribution in [-0.4, -0.2) is 67.9 Å². The lowest BCUT2D eigenvalue weighted by Gasteiger charge is -2.26. The van der Waals surface area contributed by atoms with Gasteiger partial charge in [0.05, 0.1) is 28.0 Å². The number of aromatic nitrogens is 4. The molecule has 2 atom stereocenters. The summed E-state index contributed by atoms with van der Waals surface area (Å²) in [6, 6.07) is 9.48. The summed E-state index contributed by atoms with van der Waals surface area (Å²) in [5, 5.41) is 6.52. The highest BCUT2D eigenvalue weighted by molar-refractivity contribution is 7.13. The fraction of sp³-hybridized carbons (Fsp3) is 0.433. The summed E-state index contributed by atoms with van der Waals surface area (Å²) in [6.45, 7) is 9.01. The van der Waals surface area contributed by atoms with E-state index in [2.05, 4.69) is 30.8 Å². The Balaban J connectivity index is 0.00000370. The topological polar surface area (TPSA) is 110 Å². The number of rotatable bonds is 11. The Morgan fingerprint density at radius 3 is 2.67 bits per heavy atom. The number of primary amides is 1. The number of ketones is 1. The molecule has 1 amide bonds. The van der Waals surface area contributed by atoms with Crippen LogP contribution >= 0.6 is 11.3 Å². The Bertz CT molecular complexity index is 1460. The van der Waals surface area contributed by atoms with Gasteiger partial charge in [0.15, 0.2) is 11.4 Å². The SMILES string of the molecule is C.CCN(CC)[C@@H](C)CCC(=O)c1cc(-c2cnn3ccc(-c4cccs4)nc23)nc(N2CCC[C@@H]2C(N)=O)c1. The number of fused-ring (bicyclic) bond motifs is 1. The molecule has 10 heteroatoms. The second-order valence-electron chi connectivity index (χ2n) is 10.0. The van der Waals surface area contributed by atoms with E-state index in [1.807, 2.05) is 46.8 Å². The average Bonchev–Trinajstić information content (AvgIpc) is 3.72. The number of Topliss-reactive ketones (excluding diaryl/α,β-unsaturated/α-hetero) is 1. The zero-order chi connectivity index (χ0) is 27.5. The molecule has 4 aromatic rings. The van der Waals surface area contributed by atoms with Crippen molar-refractivity contribution in [2.45, 2.75) is 66.0 Å². The first-order valence-electron chi connectivity index (χ1n) is 13.6. The maximum atomic E-state index is 13.5. The number of amides is 1. The molecule has 2 N–H and O–H groups in total. The Hall–Kier alpha value is -3.63. The number of carbonyl (C=O) groups excluding carboxylic acids is 2. The van der Waals surface area contributed by atoms with Gasteiger partial charge in [0, 0.05) is 30.8 Å². The normalized spacial score (nSPS) is 15.9. The van der Waals surface area contributed by atoms with E-state index in [9.17, 15) is 9.59 Å². The number of pyridine rings is 1. The van der Waals surface area contributed by atoms with Crippen LogP contribution in [0, 0.1) is 0 Å². The van der Waals surface area contributed by atoms with Crippen molar-refractivity contribution >= 4 is 34.5 Å². The van der Waals surface area contributed by atoms with Gasteiger partial charge in [-0.3, -0.25) is 9.59 Å². The average molecular weight is 562 g/mol. The first-order valence-corrected chi connectivity index (χ1v) is 14.5. The van der Waals surface area contributed by atoms with Crippen LogP contribution in [0.5, 0.6) is 0 Å². The lowest BCUT2D eigenvalue weighted by Crippen LogP contribution is -2.40. The number of thiophene rings is 1. The molecule has 0 aromatic carbocycles. The summed E-state index contributed by atoms with van der Waals surface area (Å²) < 4.78 is 1.72. The number of anilines is 1. The molecule has 0 aliphatic carbocycles. The minimum absolute atomic E-state index is 0. The zero-order valence-electron chi connectivity index (χ0n) is 22.7. The standard InChI is InChI=1S/C29H35N7O2S.CH4/c1-4-34(5-2)19(3)10-11-25(37)20-16-23(32-27(17-20)35-13-6-8-24(35)28(30)38)21-18-31-36-14-12-22(33-29(21)36)26-9-7-15-39-26;/h7,9,12,14-19,24H,4-6,8,10-11,13H2,1-3H3,(H2,30,38);1H4/t19-,24+;/m0./s1. The summed E-state index contributed by atoms with van der Waals surface area (Å²) >= 11 is 1.62. The molecule has 9 nitrogen and oxygen atoms in total. The van der Waals surface area contributed by atoms with E-state index in [0.717, 1.165) is 42.1 Å². The van der Waals surface area contributed by atoms with Crippen molar-refractivity contribution < 1.29 is 9.59 Å². The van der Waals surface area contributed by atoms with E-state index in [0.29, 0.717) is 48.2 Å². The summed E-state index contributed by atoms with van der Waals surface area (Å²) in [5.74, 6) is 0.263. The van der Waals surface area contributed by atoms with E-state index >= 15 is 0 Å². The highest BCUT2D eigenvalue weighted by Gasteiger charge is 2.31. The third-order valence-electron chi connectivity index (χ3n) is 7.65. The van der Waals surface area contributed by atoms with Crippen LogP contribution in [-0.2, 0) is 4.79 Å². The second kappa shape index (κ2) is 12.7. The van der Waals surface area contributed by atoms with Gasteiger partial charge < -0.3 is 15.5 Å². The Morgan fingerprint density at radius 1 is 1.18 bits per heavy atom. The molecule has 0 saturated carbocycles. The zero-order valence-corrected chi connectivity index (χ0v) is 23.5. The van der Waals surface area contributed by atoms with Crippen molar-refractivity contribution in [1.29, 1.82) is 0 Å². The maximum absolute atomic E-state index is 13.5. The van der Waals surface area contributed by atoms with Crippen LogP contribution in [0.3, 0.4) is 0 Å². The van der Waals surface area contributed by atoms with E-state index in [1.54, 1.807) is 22.0 Å². The van der Waals surface area contributed by atoms with Gasteiger partial charge in [0.2, 0.25) is 5.91 Å². The third kappa shape index (κ3) is 5.93. The Labute approximate surface area is 240 Å². The smallest absolute Gasteiger partial charge is 0.240 e. The Morgan fingerprint density at radius 2 is 1.98 bits per heavy atom. The summed E-state index contributed by atoms with van der Waals surface area (Å²) in [4.78, 5) is 40.9. The van der Waals surface area contributed by atoms with E-state index < -0.39 is 6.04 Å². The fourth-order valence-electron chi connectivity index (χ4n) is 5.42. The molecule has 1 aliphatic rings. The predicted molar refractivity (Wildman–Crippen MR) is 162 cm³/mol. The predicted octanol–water partition coefficient (Wildman–Crippen LogP) is 5.30. The number of carbonyl (C=O) groups is 2. The highest BCUT2D eigenvalue weighted by atomic mass is 32.1. The lowest BCUT2D eigenvalue weighted by molar-refractivity contribution is -0.119. The van der Waals surface area contributed by atoms with Crippen LogP contribution in [0.15, 0.2) is 48.1 Å². The minimum atomic E-state index is -0.439. The van der Waals surface area contributed by atoms with Crippen LogP contribution in [0.25, 0.3) is 27.5 Å². The number of nitrogens with zero attached hydrogens (tertiary/aromatic N) is 6. The maximum Gasteiger partial charge on any atom is 0.240 e. The van der Waals surface area contributed by atoms with Crippen LogP contribution in [0.1, 0.15) is 64.2 Å². The second-order valence-corrected chi connectivity index (χ2v) is 10.9. The molecule has 5 heterocycles. The molecular weight excluding hydrogens is 522 g/mol. The van der Waals surface area contributed by atoms with Gasteiger partial charge in [-0.2, -0.15) is 5.10 Å². The van der Waals surface area contributed by atoms with Crippen molar-refractivity contribution in [3.8, 4) is 21.8 Å². The molecule has 1 fully saturated rings. The van der Waals surface area contributed by atoms with Crippen molar-refractivity contribution in [2.75, 3.05) is 24.5 Å². The summed E-state index contributed by atoms with van der Waals surface area (Å²) in [6.07, 6.45) is 6.33. The van der Waals surface area contributed by atoms with Gasteiger partial charge in [-0.05, 0) is 68.9 Å². The lowest BCUT2D eigenvalue weighted by atomic mass is 10.0. The van der Waals surface area contributed by atoms with Gasteiger partial charge >= 0.3 is 0 Å². The van der Waals surface area contributed by atoms with E-state index in [4.69, 9.17) is 15.7 Å². The molecule has 1 aliphatic heterocycles. The highest BCUT2D eigenvalue weighted by Crippen LogP contribution is 2.31. The molecule has 0 unspecified atom stereocenters. The number of hydrogen-bond donors (Lipinski definition) is 1. The van der Waals surface area contributed by atoms with Crippen LogP contribution in [0.4, 0.5) is 5.82 Å². The largest absolute Gasteiger partial charge is 0.368 e. The molecule has 5 rings (SSSR count). The quantitative estimate of drug-likeness (QED) is 0.247. The first-order chi connectivity index (χ1) is 18.9. The van der Waals surface area contributed by atoms with Crippen LogP contribution in [0.2, 0.25) is 0 Å². The first kappa shape index (κ1) is 29.4. The van der Waals surface area contributed by atoms with Crippen molar-refractivity contribution in [2.24, 2.45) is 5.73 Å². The summed E-state index contributed by atoms with van der Waals surface area (Å²) in [7, 11) is 0. The van der Waals surface area contributed by atoms with Crippen molar-refractivity contribution in [3.05, 3.63) is 53.7 Å². The summed E-state index contributed by atoms with van der Waals surface area (Å²) in [5.41, 5.74) is 9.15. The monoisotopic (exact) mass is 561 g/mol. The molecule has 4 aromatic heterocycles. The Kier molecular flexibility index (Phi) is 9.32. The minimum Gasteiger partial charge on any atom is -0.368 e. The molecular formula is C30H39N7O2S. The van der Waals surface area contributed by atoms with Gasteiger partial charge in [0.25, 0.3) is 0 Å².